The van der Waals surface area contributed by atoms with Crippen molar-refractivity contribution in [2.24, 2.45) is 35.5 Å². The summed E-state index contributed by atoms with van der Waals surface area (Å²) in [6, 6.07) is 5.78. The molecule has 6 rings (SSSR count). The number of hydrogen-bond acceptors (Lipinski definition) is 4. The Hall–Kier alpha value is -2.50. The molecule has 1 heterocycles. The molecule has 0 spiro atoms. The molecular formula is C17H14N2O4. The molecule has 6 atom stereocenters. The van der Waals surface area contributed by atoms with Crippen molar-refractivity contribution >= 4 is 23.2 Å². The first kappa shape index (κ1) is 13.0. The van der Waals surface area contributed by atoms with Gasteiger partial charge in [-0.1, -0.05) is 18.2 Å². The number of carbonyl (C=O) groups is 2. The summed E-state index contributed by atoms with van der Waals surface area (Å²) in [7, 11) is 0. The van der Waals surface area contributed by atoms with Crippen LogP contribution in [-0.4, -0.2) is 16.7 Å². The van der Waals surface area contributed by atoms with Crippen LogP contribution >= 0.6 is 0 Å². The van der Waals surface area contributed by atoms with Crippen LogP contribution in [0.1, 0.15) is 6.42 Å². The highest BCUT2D eigenvalue weighted by molar-refractivity contribution is 6.22. The smallest absolute Gasteiger partial charge is 0.271 e. The molecule has 6 heteroatoms. The zero-order valence-electron chi connectivity index (χ0n) is 12.2. The van der Waals surface area contributed by atoms with Crippen molar-refractivity contribution in [3.8, 4) is 0 Å². The Bertz CT molecular complexity index is 766. The molecule has 0 aromatic heterocycles. The molecule has 4 aliphatic carbocycles. The van der Waals surface area contributed by atoms with Gasteiger partial charge in [0.1, 0.15) is 0 Å². The Labute approximate surface area is 131 Å². The van der Waals surface area contributed by atoms with Gasteiger partial charge >= 0.3 is 0 Å². The van der Waals surface area contributed by atoms with E-state index < -0.39 is 4.92 Å². The second-order valence-corrected chi connectivity index (χ2v) is 6.94. The van der Waals surface area contributed by atoms with Gasteiger partial charge in [-0.25, -0.2) is 4.90 Å². The molecule has 0 unspecified atom stereocenters. The minimum atomic E-state index is -0.512. The van der Waals surface area contributed by atoms with Gasteiger partial charge in [0.2, 0.25) is 11.8 Å². The minimum absolute atomic E-state index is 0.109. The number of non-ortho nitro benzene ring substituents is 1. The first-order valence-corrected chi connectivity index (χ1v) is 7.88. The van der Waals surface area contributed by atoms with E-state index >= 15 is 0 Å². The van der Waals surface area contributed by atoms with Crippen molar-refractivity contribution in [1.29, 1.82) is 0 Å². The van der Waals surface area contributed by atoms with Crippen molar-refractivity contribution in [2.45, 2.75) is 6.42 Å². The molecule has 1 saturated heterocycles. The summed E-state index contributed by atoms with van der Waals surface area (Å²) >= 11 is 0. The van der Waals surface area contributed by atoms with Gasteiger partial charge in [-0.15, -0.1) is 0 Å². The van der Waals surface area contributed by atoms with Crippen LogP contribution in [-0.2, 0) is 9.59 Å². The largest absolute Gasteiger partial charge is 0.274 e. The lowest BCUT2D eigenvalue weighted by molar-refractivity contribution is -0.384. The standard InChI is InChI=1S/C17H14N2O4/c20-16-14-10-4-5-11(13-7-12(10)13)15(14)17(21)18(16)8-2-1-3-9(6-8)19(22)23/h1-6,10-15H,7H2/t10-,11-,12-,13-,14-,15+/m0/s1. The van der Waals surface area contributed by atoms with Crippen molar-refractivity contribution in [2.75, 3.05) is 4.90 Å². The fourth-order valence-electron chi connectivity index (χ4n) is 4.96. The number of nitro benzene ring substituents is 1. The Kier molecular flexibility index (Phi) is 2.30. The summed E-state index contributed by atoms with van der Waals surface area (Å²) in [6.45, 7) is 0. The maximum Gasteiger partial charge on any atom is 0.271 e. The SMILES string of the molecule is O=C1[C@@H]2[C@H]3C=C[C@@H]([C@@H]4C[C@@H]34)[C@@H]2C(=O)N1c1cccc([N+](=O)[O-])c1. The molecule has 5 aliphatic rings. The maximum absolute atomic E-state index is 12.9. The van der Waals surface area contributed by atoms with Gasteiger partial charge < -0.3 is 0 Å². The van der Waals surface area contributed by atoms with E-state index in [0.29, 0.717) is 17.5 Å². The molecule has 1 aromatic rings. The van der Waals surface area contributed by atoms with Gasteiger partial charge in [0.15, 0.2) is 0 Å². The van der Waals surface area contributed by atoms with E-state index in [-0.39, 0.29) is 41.2 Å². The fourth-order valence-corrected chi connectivity index (χ4v) is 4.96. The molecule has 23 heavy (non-hydrogen) atoms. The van der Waals surface area contributed by atoms with Gasteiger partial charge in [0.05, 0.1) is 22.4 Å². The second-order valence-electron chi connectivity index (χ2n) is 6.94. The highest BCUT2D eigenvalue weighted by atomic mass is 16.6. The predicted octanol–water partition coefficient (Wildman–Crippen LogP) is 2.15. The third-order valence-corrected chi connectivity index (χ3v) is 5.96. The van der Waals surface area contributed by atoms with Crippen molar-refractivity contribution in [1.82, 2.24) is 0 Å². The molecule has 2 amide bonds. The van der Waals surface area contributed by atoms with E-state index in [1.807, 2.05) is 0 Å². The molecule has 0 radical (unpaired) electrons. The average molecular weight is 310 g/mol. The number of amides is 2. The lowest BCUT2D eigenvalue weighted by Gasteiger charge is -2.37. The zero-order valence-corrected chi connectivity index (χ0v) is 12.2. The summed E-state index contributed by atoms with van der Waals surface area (Å²) in [5, 5.41) is 11.0. The van der Waals surface area contributed by atoms with E-state index in [4.69, 9.17) is 0 Å². The summed E-state index contributed by atoms with van der Waals surface area (Å²) in [4.78, 5) is 37.4. The predicted molar refractivity (Wildman–Crippen MR) is 80.3 cm³/mol. The van der Waals surface area contributed by atoms with E-state index in [0.717, 1.165) is 6.42 Å². The quantitative estimate of drug-likeness (QED) is 0.363. The third kappa shape index (κ3) is 1.53. The zero-order chi connectivity index (χ0) is 15.9. The van der Waals surface area contributed by atoms with Crippen LogP contribution < -0.4 is 4.90 Å². The first-order chi connectivity index (χ1) is 11.1. The van der Waals surface area contributed by atoms with Crippen LogP contribution in [0.15, 0.2) is 36.4 Å². The van der Waals surface area contributed by atoms with Gasteiger partial charge in [0.25, 0.3) is 5.69 Å². The average Bonchev–Trinajstić information content (AvgIpc) is 3.32. The number of nitrogens with zero attached hydrogens (tertiary/aromatic N) is 2. The number of anilines is 1. The Morgan fingerprint density at radius 1 is 1.04 bits per heavy atom. The van der Waals surface area contributed by atoms with Crippen LogP contribution in [0, 0.1) is 45.6 Å². The lowest BCUT2D eigenvalue weighted by atomic mass is 9.63. The molecule has 2 bridgehead atoms. The van der Waals surface area contributed by atoms with Crippen LogP contribution in [0.25, 0.3) is 0 Å². The number of allylic oxidation sites excluding steroid dienone is 2. The molecule has 1 aromatic carbocycles. The Balaban J connectivity index is 1.57. The summed E-state index contributed by atoms with van der Waals surface area (Å²) < 4.78 is 0. The Morgan fingerprint density at radius 2 is 1.65 bits per heavy atom. The molecule has 1 aliphatic heterocycles. The van der Waals surface area contributed by atoms with Gasteiger partial charge in [-0.2, -0.15) is 0 Å². The van der Waals surface area contributed by atoms with Crippen molar-refractivity contribution in [3.05, 3.63) is 46.5 Å². The van der Waals surface area contributed by atoms with Crippen LogP contribution in [0.5, 0.6) is 0 Å². The number of imide groups is 1. The summed E-state index contributed by atoms with van der Waals surface area (Å²) in [5.74, 6) is 0.489. The van der Waals surface area contributed by atoms with Crippen molar-refractivity contribution < 1.29 is 14.5 Å². The number of benzene rings is 1. The van der Waals surface area contributed by atoms with Gasteiger partial charge in [0, 0.05) is 12.1 Å². The normalized spacial score (nSPS) is 39.4. The van der Waals surface area contributed by atoms with E-state index in [1.165, 1.54) is 23.1 Å². The molecule has 0 N–H and O–H groups in total. The number of rotatable bonds is 2. The van der Waals surface area contributed by atoms with Crippen molar-refractivity contribution in [3.63, 3.8) is 0 Å². The van der Waals surface area contributed by atoms with Crippen LogP contribution in [0.3, 0.4) is 0 Å². The molecule has 3 fully saturated rings. The molecular weight excluding hydrogens is 296 g/mol. The lowest BCUT2D eigenvalue weighted by Crippen LogP contribution is -2.40. The number of nitro groups is 1. The summed E-state index contributed by atoms with van der Waals surface area (Å²) in [6.07, 6.45) is 5.34. The number of carbonyl (C=O) groups excluding carboxylic acids is 2. The highest BCUT2D eigenvalue weighted by Gasteiger charge is 2.67. The summed E-state index contributed by atoms with van der Waals surface area (Å²) in [5.41, 5.74) is 0.207. The highest BCUT2D eigenvalue weighted by Crippen LogP contribution is 2.65. The fraction of sp³-hybridized carbons (Fsp3) is 0.412. The molecule has 2 saturated carbocycles. The van der Waals surface area contributed by atoms with Gasteiger partial charge in [-0.05, 0) is 36.2 Å². The maximum atomic E-state index is 12.9. The first-order valence-electron chi connectivity index (χ1n) is 7.88. The van der Waals surface area contributed by atoms with Crippen LogP contribution in [0.4, 0.5) is 11.4 Å². The second kappa shape index (κ2) is 4.07. The van der Waals surface area contributed by atoms with E-state index in [1.54, 1.807) is 6.07 Å². The van der Waals surface area contributed by atoms with Gasteiger partial charge in [-0.3, -0.25) is 19.7 Å². The van der Waals surface area contributed by atoms with Crippen LogP contribution in [0.2, 0.25) is 0 Å². The van der Waals surface area contributed by atoms with E-state index in [9.17, 15) is 19.7 Å². The minimum Gasteiger partial charge on any atom is -0.274 e. The monoisotopic (exact) mass is 310 g/mol. The topological polar surface area (TPSA) is 80.5 Å². The van der Waals surface area contributed by atoms with E-state index in [2.05, 4.69) is 12.2 Å². The number of hydrogen-bond donors (Lipinski definition) is 0. The Morgan fingerprint density at radius 3 is 2.22 bits per heavy atom. The third-order valence-electron chi connectivity index (χ3n) is 5.96. The molecule has 116 valence electrons. The molecule has 6 nitrogen and oxygen atoms in total.